The van der Waals surface area contributed by atoms with Crippen molar-refractivity contribution in [1.82, 2.24) is 9.97 Å². The van der Waals surface area contributed by atoms with Gasteiger partial charge in [0.2, 0.25) is 0 Å². The lowest BCUT2D eigenvalue weighted by Crippen LogP contribution is -2.21. The maximum Gasteiger partial charge on any atom is 0.131 e. The van der Waals surface area contributed by atoms with Crippen molar-refractivity contribution in [2.24, 2.45) is 5.92 Å². The topological polar surface area (TPSA) is 58.0 Å². The predicted molar refractivity (Wildman–Crippen MR) is 51.1 cm³/mol. The normalized spacial score (nSPS) is 12.9. The summed E-state index contributed by atoms with van der Waals surface area (Å²) in [6.07, 6.45) is 3.26. The van der Waals surface area contributed by atoms with E-state index in [1.807, 2.05) is 0 Å². The zero-order valence-corrected chi connectivity index (χ0v) is 7.94. The van der Waals surface area contributed by atoms with Crippen LogP contribution in [0.4, 0.5) is 5.82 Å². The van der Waals surface area contributed by atoms with Crippen LogP contribution in [0.5, 0.6) is 0 Å². The highest BCUT2D eigenvalue weighted by Gasteiger charge is 2.06. The number of anilines is 1. The van der Waals surface area contributed by atoms with Gasteiger partial charge in [0, 0.05) is 6.20 Å². The third kappa shape index (κ3) is 3.85. The molecule has 4 nitrogen and oxygen atoms in total. The van der Waals surface area contributed by atoms with Crippen LogP contribution in [0, 0.1) is 5.92 Å². The van der Waals surface area contributed by atoms with Crippen LogP contribution in [0.15, 0.2) is 18.6 Å². The first-order valence-electron chi connectivity index (χ1n) is 4.39. The Morgan fingerprint density at radius 1 is 1.54 bits per heavy atom. The van der Waals surface area contributed by atoms with Crippen LogP contribution in [0.25, 0.3) is 0 Å². The van der Waals surface area contributed by atoms with E-state index in [1.165, 1.54) is 6.33 Å². The lowest BCUT2D eigenvalue weighted by molar-refractivity contribution is 0.175. The molecule has 2 N–H and O–H groups in total. The van der Waals surface area contributed by atoms with Crippen molar-refractivity contribution >= 4 is 5.82 Å². The molecule has 1 rings (SSSR count). The molecule has 0 amide bonds. The molecule has 0 aliphatic carbocycles. The molecule has 1 aromatic heterocycles. The number of rotatable bonds is 4. The number of nitrogens with one attached hydrogen (secondary N) is 1. The smallest absolute Gasteiger partial charge is 0.131 e. The summed E-state index contributed by atoms with van der Waals surface area (Å²) in [6, 6.07) is 1.73. The van der Waals surface area contributed by atoms with E-state index in [4.69, 9.17) is 0 Å². The molecule has 1 unspecified atom stereocenters. The number of aliphatic hydroxyl groups is 1. The van der Waals surface area contributed by atoms with Crippen LogP contribution in [0.2, 0.25) is 0 Å². The Kier molecular flexibility index (Phi) is 3.64. The summed E-state index contributed by atoms with van der Waals surface area (Å²) in [4.78, 5) is 7.72. The Balaban J connectivity index is 2.41. The van der Waals surface area contributed by atoms with Gasteiger partial charge >= 0.3 is 0 Å². The van der Waals surface area contributed by atoms with Gasteiger partial charge in [-0.05, 0) is 18.4 Å². The Hall–Kier alpha value is -1.16. The minimum atomic E-state index is -0.533. The number of aromatic nitrogens is 2. The maximum absolute atomic E-state index is 9.50. The molecule has 0 bridgehead atoms. The van der Waals surface area contributed by atoms with Gasteiger partial charge < -0.3 is 10.4 Å². The van der Waals surface area contributed by atoms with Crippen LogP contribution in [-0.4, -0.2) is 21.3 Å². The number of aliphatic hydroxyl groups excluding tert-OH is 1. The monoisotopic (exact) mass is 181 g/mol. The molecule has 72 valence electrons. The molecule has 1 heterocycles. The van der Waals surface area contributed by atoms with Crippen LogP contribution in [0.1, 0.15) is 20.3 Å². The molecule has 0 fully saturated rings. The summed E-state index contributed by atoms with van der Waals surface area (Å²) in [7, 11) is 0. The second-order valence-electron chi connectivity index (χ2n) is 3.38. The van der Waals surface area contributed by atoms with E-state index in [0.717, 1.165) is 0 Å². The molecule has 0 spiro atoms. The van der Waals surface area contributed by atoms with Crippen LogP contribution < -0.4 is 5.32 Å². The fourth-order valence-corrected chi connectivity index (χ4v) is 1.05. The molecule has 1 atom stereocenters. The number of nitrogens with zero attached hydrogens (tertiary/aromatic N) is 2. The van der Waals surface area contributed by atoms with E-state index < -0.39 is 6.23 Å². The Labute approximate surface area is 78.0 Å². The summed E-state index contributed by atoms with van der Waals surface area (Å²) < 4.78 is 0. The molecule has 0 aliphatic heterocycles. The fourth-order valence-electron chi connectivity index (χ4n) is 1.05. The van der Waals surface area contributed by atoms with Crippen LogP contribution >= 0.6 is 0 Å². The molecule has 0 aliphatic rings. The van der Waals surface area contributed by atoms with Gasteiger partial charge in [-0.2, -0.15) is 0 Å². The summed E-state index contributed by atoms with van der Waals surface area (Å²) in [5.74, 6) is 1.12. The standard InChI is InChI=1S/C9H15N3O/c1-7(2)5-9(13)12-8-3-4-10-6-11-8/h3-4,6-7,9,13H,5H2,1-2H3,(H,10,11,12). The SMILES string of the molecule is CC(C)CC(O)Nc1ccncn1. The van der Waals surface area contributed by atoms with Crippen molar-refractivity contribution in [3.63, 3.8) is 0 Å². The van der Waals surface area contributed by atoms with Gasteiger partial charge in [-0.25, -0.2) is 9.97 Å². The summed E-state index contributed by atoms with van der Waals surface area (Å²) >= 11 is 0. The fraction of sp³-hybridized carbons (Fsp3) is 0.556. The molecule has 0 aromatic carbocycles. The summed E-state index contributed by atoms with van der Waals surface area (Å²) in [5.41, 5.74) is 0. The first kappa shape index (κ1) is 9.92. The number of hydrogen-bond acceptors (Lipinski definition) is 4. The predicted octanol–water partition coefficient (Wildman–Crippen LogP) is 1.25. The Bertz CT molecular complexity index is 238. The zero-order chi connectivity index (χ0) is 9.68. The van der Waals surface area contributed by atoms with Crippen molar-refractivity contribution < 1.29 is 5.11 Å². The summed E-state index contributed by atoms with van der Waals surface area (Å²) in [6.45, 7) is 4.12. The highest BCUT2D eigenvalue weighted by Crippen LogP contribution is 2.07. The van der Waals surface area contributed by atoms with Gasteiger partial charge in [0.05, 0.1) is 0 Å². The van der Waals surface area contributed by atoms with E-state index >= 15 is 0 Å². The van der Waals surface area contributed by atoms with Crippen molar-refractivity contribution in [1.29, 1.82) is 0 Å². The highest BCUT2D eigenvalue weighted by molar-refractivity contribution is 5.31. The summed E-state index contributed by atoms with van der Waals surface area (Å²) in [5, 5.41) is 12.4. The van der Waals surface area contributed by atoms with Gasteiger partial charge in [0.1, 0.15) is 18.4 Å². The first-order chi connectivity index (χ1) is 6.18. The highest BCUT2D eigenvalue weighted by atomic mass is 16.3. The minimum absolute atomic E-state index is 0.462. The first-order valence-corrected chi connectivity index (χ1v) is 4.39. The third-order valence-corrected chi connectivity index (χ3v) is 1.59. The van der Waals surface area contributed by atoms with Gasteiger partial charge in [0.25, 0.3) is 0 Å². The van der Waals surface area contributed by atoms with Crippen molar-refractivity contribution in [3.8, 4) is 0 Å². The quantitative estimate of drug-likeness (QED) is 0.686. The molecule has 1 aromatic rings. The minimum Gasteiger partial charge on any atom is -0.374 e. The molecular formula is C9H15N3O. The van der Waals surface area contributed by atoms with Gasteiger partial charge in [-0.3, -0.25) is 0 Å². The second kappa shape index (κ2) is 4.77. The Morgan fingerprint density at radius 2 is 2.31 bits per heavy atom. The number of hydrogen-bond donors (Lipinski definition) is 2. The van der Waals surface area contributed by atoms with Gasteiger partial charge in [-0.1, -0.05) is 13.8 Å². The van der Waals surface area contributed by atoms with E-state index in [0.29, 0.717) is 18.2 Å². The maximum atomic E-state index is 9.50. The molecule has 0 saturated carbocycles. The molecular weight excluding hydrogens is 166 g/mol. The lowest BCUT2D eigenvalue weighted by atomic mass is 10.1. The van der Waals surface area contributed by atoms with E-state index in [1.54, 1.807) is 12.3 Å². The van der Waals surface area contributed by atoms with E-state index in [9.17, 15) is 5.11 Å². The third-order valence-electron chi connectivity index (χ3n) is 1.59. The molecule has 0 radical (unpaired) electrons. The van der Waals surface area contributed by atoms with E-state index in [2.05, 4.69) is 29.1 Å². The van der Waals surface area contributed by atoms with Crippen molar-refractivity contribution in [3.05, 3.63) is 18.6 Å². The zero-order valence-electron chi connectivity index (χ0n) is 7.94. The van der Waals surface area contributed by atoms with Crippen LogP contribution in [0.3, 0.4) is 0 Å². The van der Waals surface area contributed by atoms with Gasteiger partial charge in [0.15, 0.2) is 0 Å². The average Bonchev–Trinajstić information content (AvgIpc) is 2.04. The second-order valence-corrected chi connectivity index (χ2v) is 3.38. The molecule has 13 heavy (non-hydrogen) atoms. The van der Waals surface area contributed by atoms with Gasteiger partial charge in [-0.15, -0.1) is 0 Å². The molecule has 4 heteroatoms. The van der Waals surface area contributed by atoms with E-state index in [-0.39, 0.29) is 0 Å². The average molecular weight is 181 g/mol. The van der Waals surface area contributed by atoms with Crippen molar-refractivity contribution in [2.45, 2.75) is 26.5 Å². The van der Waals surface area contributed by atoms with Crippen molar-refractivity contribution in [2.75, 3.05) is 5.32 Å². The van der Waals surface area contributed by atoms with Crippen LogP contribution in [-0.2, 0) is 0 Å². The largest absolute Gasteiger partial charge is 0.374 e. The Morgan fingerprint density at radius 3 is 2.85 bits per heavy atom. The lowest BCUT2D eigenvalue weighted by Gasteiger charge is -2.14. The molecule has 0 saturated heterocycles.